The van der Waals surface area contributed by atoms with Crippen molar-refractivity contribution in [3.05, 3.63) is 60.0 Å². The van der Waals surface area contributed by atoms with Crippen LogP contribution >= 0.6 is 23.1 Å². The topological polar surface area (TPSA) is 51.2 Å². The number of benzene rings is 2. The lowest BCUT2D eigenvalue weighted by molar-refractivity contribution is -0.115. The van der Waals surface area contributed by atoms with Crippen molar-refractivity contribution in [2.45, 2.75) is 16.5 Å². The average Bonchev–Trinajstić information content (AvgIpc) is 3.11. The minimum atomic E-state index is -0.239. The molecule has 3 rings (SSSR count). The van der Waals surface area contributed by atoms with Gasteiger partial charge in [0.05, 0.1) is 18.1 Å². The molecular weight excluding hydrogens is 352 g/mol. The van der Waals surface area contributed by atoms with Crippen molar-refractivity contribution in [1.29, 1.82) is 0 Å². The summed E-state index contributed by atoms with van der Waals surface area (Å²) < 4.78 is 6.00. The van der Waals surface area contributed by atoms with Gasteiger partial charge in [0.25, 0.3) is 0 Å². The molecule has 1 amide bonds. The minimum absolute atomic E-state index is 0.0494. The fourth-order valence-corrected chi connectivity index (χ4v) is 4.15. The third-order valence-electron chi connectivity index (χ3n) is 3.56. The van der Waals surface area contributed by atoms with Crippen LogP contribution in [0.15, 0.2) is 64.3 Å². The van der Waals surface area contributed by atoms with Crippen molar-refractivity contribution >= 4 is 34.7 Å². The van der Waals surface area contributed by atoms with E-state index in [0.717, 1.165) is 27.0 Å². The van der Waals surface area contributed by atoms with Gasteiger partial charge in [0.15, 0.2) is 4.34 Å². The number of ether oxygens (including phenoxy) is 1. The molecule has 2 aromatic carbocycles. The monoisotopic (exact) mass is 370 g/mol. The van der Waals surface area contributed by atoms with Gasteiger partial charge in [-0.1, -0.05) is 42.1 Å². The van der Waals surface area contributed by atoms with Gasteiger partial charge in [0.1, 0.15) is 5.75 Å². The number of thiazole rings is 1. The molecule has 0 spiro atoms. The number of aromatic nitrogens is 1. The number of hydrogen-bond donors (Lipinski definition) is 1. The second kappa shape index (κ2) is 8.18. The quantitative estimate of drug-likeness (QED) is 0.625. The molecule has 128 valence electrons. The number of amides is 1. The van der Waals surface area contributed by atoms with E-state index in [4.69, 9.17) is 4.74 Å². The van der Waals surface area contributed by atoms with E-state index in [2.05, 4.69) is 10.3 Å². The molecule has 1 N–H and O–H groups in total. The van der Waals surface area contributed by atoms with Crippen LogP contribution in [0.5, 0.6) is 5.75 Å². The summed E-state index contributed by atoms with van der Waals surface area (Å²) in [6, 6.07) is 17.3. The van der Waals surface area contributed by atoms with Crippen molar-refractivity contribution in [3.63, 3.8) is 0 Å². The molecule has 6 heteroatoms. The number of thioether (sulfide) groups is 1. The smallest absolute Gasteiger partial charge is 0.237 e. The molecule has 0 radical (unpaired) electrons. The fourth-order valence-electron chi connectivity index (χ4n) is 2.18. The molecule has 1 aromatic heterocycles. The Morgan fingerprint density at radius 1 is 1.16 bits per heavy atom. The Bertz CT molecular complexity index is 832. The summed E-state index contributed by atoms with van der Waals surface area (Å²) in [6.45, 7) is 1.88. The Balaban J connectivity index is 1.60. The Labute approximate surface area is 155 Å². The highest BCUT2D eigenvalue weighted by molar-refractivity contribution is 8.02. The minimum Gasteiger partial charge on any atom is -0.497 e. The summed E-state index contributed by atoms with van der Waals surface area (Å²) in [5, 5.41) is 4.69. The number of carbonyl (C=O) groups is 1. The number of hydrogen-bond acceptors (Lipinski definition) is 5. The van der Waals surface area contributed by atoms with Crippen LogP contribution in [-0.4, -0.2) is 23.3 Å². The van der Waals surface area contributed by atoms with E-state index in [0.29, 0.717) is 0 Å². The van der Waals surface area contributed by atoms with Crippen LogP contribution in [0.1, 0.15) is 6.92 Å². The highest BCUT2D eigenvalue weighted by Crippen LogP contribution is 2.31. The van der Waals surface area contributed by atoms with Crippen LogP contribution in [0.25, 0.3) is 11.3 Å². The van der Waals surface area contributed by atoms with Crippen LogP contribution in [0.3, 0.4) is 0 Å². The number of anilines is 1. The molecule has 0 fully saturated rings. The third-order valence-corrected chi connectivity index (χ3v) is 5.63. The lowest BCUT2D eigenvalue weighted by Gasteiger charge is -2.11. The molecule has 0 saturated carbocycles. The van der Waals surface area contributed by atoms with Crippen LogP contribution < -0.4 is 10.1 Å². The summed E-state index contributed by atoms with van der Waals surface area (Å²) in [4.78, 5) is 17.0. The van der Waals surface area contributed by atoms with E-state index in [9.17, 15) is 4.79 Å². The number of nitrogens with one attached hydrogen (secondary N) is 1. The van der Waals surface area contributed by atoms with Gasteiger partial charge in [-0.2, -0.15) is 0 Å². The van der Waals surface area contributed by atoms with E-state index < -0.39 is 0 Å². The largest absolute Gasteiger partial charge is 0.497 e. The standard InChI is InChI=1S/C19H18N2O2S2/c1-13(18(22)20-15-8-10-16(23-2)11-9-15)25-19-21-17(12-24-19)14-6-4-3-5-7-14/h3-13H,1-2H3,(H,20,22)/t13-/m1/s1. The van der Waals surface area contributed by atoms with E-state index in [-0.39, 0.29) is 11.2 Å². The molecule has 0 aliphatic rings. The van der Waals surface area contributed by atoms with E-state index in [1.54, 1.807) is 18.4 Å². The summed E-state index contributed by atoms with van der Waals surface area (Å²) >= 11 is 3.02. The lowest BCUT2D eigenvalue weighted by Crippen LogP contribution is -2.22. The summed E-state index contributed by atoms with van der Waals surface area (Å²) in [7, 11) is 1.62. The first-order valence-corrected chi connectivity index (χ1v) is 9.54. The summed E-state index contributed by atoms with van der Waals surface area (Å²) in [5.41, 5.74) is 2.78. The third kappa shape index (κ3) is 4.61. The van der Waals surface area contributed by atoms with Crippen molar-refractivity contribution in [2.24, 2.45) is 0 Å². The second-order valence-corrected chi connectivity index (χ2v) is 7.79. The Morgan fingerprint density at radius 3 is 2.56 bits per heavy atom. The SMILES string of the molecule is COc1ccc(NC(=O)[C@@H](C)Sc2nc(-c3ccccc3)cs2)cc1. The first kappa shape index (κ1) is 17.5. The van der Waals surface area contributed by atoms with Crippen LogP contribution in [-0.2, 0) is 4.79 Å². The Kier molecular flexibility index (Phi) is 5.73. The lowest BCUT2D eigenvalue weighted by atomic mass is 10.2. The van der Waals surface area contributed by atoms with Crippen LogP contribution in [0.4, 0.5) is 5.69 Å². The van der Waals surface area contributed by atoms with Gasteiger partial charge < -0.3 is 10.1 Å². The Hall–Kier alpha value is -2.31. The van der Waals surface area contributed by atoms with Crippen molar-refractivity contribution in [3.8, 4) is 17.0 Å². The molecule has 4 nitrogen and oxygen atoms in total. The van der Waals surface area contributed by atoms with Gasteiger partial charge in [0, 0.05) is 16.6 Å². The number of carbonyl (C=O) groups excluding carboxylic acids is 1. The number of rotatable bonds is 6. The predicted octanol–water partition coefficient (Wildman–Crippen LogP) is 4.94. The van der Waals surface area contributed by atoms with Crippen LogP contribution in [0, 0.1) is 0 Å². The van der Waals surface area contributed by atoms with Crippen molar-refractivity contribution in [1.82, 2.24) is 4.98 Å². The maximum absolute atomic E-state index is 12.4. The van der Waals surface area contributed by atoms with Gasteiger partial charge in [-0.3, -0.25) is 4.79 Å². The zero-order valence-corrected chi connectivity index (χ0v) is 15.6. The maximum atomic E-state index is 12.4. The molecule has 0 aliphatic heterocycles. The summed E-state index contributed by atoms with van der Waals surface area (Å²) in [5.74, 6) is 0.711. The highest BCUT2D eigenvalue weighted by Gasteiger charge is 2.17. The van der Waals surface area contributed by atoms with Gasteiger partial charge in [-0.25, -0.2) is 4.98 Å². The van der Waals surface area contributed by atoms with Gasteiger partial charge in [-0.15, -0.1) is 11.3 Å². The Morgan fingerprint density at radius 2 is 1.88 bits per heavy atom. The van der Waals surface area contributed by atoms with E-state index in [1.165, 1.54) is 11.8 Å². The average molecular weight is 370 g/mol. The molecule has 1 atom stereocenters. The van der Waals surface area contributed by atoms with Gasteiger partial charge >= 0.3 is 0 Å². The van der Waals surface area contributed by atoms with E-state index in [1.807, 2.05) is 66.9 Å². The summed E-state index contributed by atoms with van der Waals surface area (Å²) in [6.07, 6.45) is 0. The predicted molar refractivity (Wildman–Crippen MR) is 104 cm³/mol. The first-order chi connectivity index (χ1) is 12.2. The van der Waals surface area contributed by atoms with Gasteiger partial charge in [0.2, 0.25) is 5.91 Å². The zero-order valence-electron chi connectivity index (χ0n) is 13.9. The van der Waals surface area contributed by atoms with Crippen molar-refractivity contribution < 1.29 is 9.53 Å². The molecule has 3 aromatic rings. The number of methoxy groups -OCH3 is 1. The maximum Gasteiger partial charge on any atom is 0.237 e. The van der Waals surface area contributed by atoms with Crippen molar-refractivity contribution in [2.75, 3.05) is 12.4 Å². The second-order valence-electron chi connectivity index (χ2n) is 5.34. The molecule has 25 heavy (non-hydrogen) atoms. The zero-order chi connectivity index (χ0) is 17.6. The van der Waals surface area contributed by atoms with Crippen LogP contribution in [0.2, 0.25) is 0 Å². The first-order valence-electron chi connectivity index (χ1n) is 7.78. The molecule has 0 saturated heterocycles. The molecule has 0 unspecified atom stereocenters. The molecule has 0 aliphatic carbocycles. The molecule has 0 bridgehead atoms. The highest BCUT2D eigenvalue weighted by atomic mass is 32.2. The fraction of sp³-hybridized carbons (Fsp3) is 0.158. The van der Waals surface area contributed by atoms with Gasteiger partial charge in [-0.05, 0) is 31.2 Å². The molecule has 1 heterocycles. The van der Waals surface area contributed by atoms with E-state index >= 15 is 0 Å². The number of nitrogens with zero attached hydrogens (tertiary/aromatic N) is 1. The normalized spacial score (nSPS) is 11.8. The molecular formula is C19H18N2O2S2.